The second-order valence-electron chi connectivity index (χ2n) is 9.99. The third-order valence-corrected chi connectivity index (χ3v) is 8.78. The van der Waals surface area contributed by atoms with E-state index in [0.717, 1.165) is 8.78 Å². The van der Waals surface area contributed by atoms with Crippen molar-refractivity contribution in [1.82, 2.24) is 10.2 Å². The van der Waals surface area contributed by atoms with Crippen LogP contribution >= 0.6 is 39.1 Å². The molecule has 208 valence electrons. The number of carbonyl (C=O) groups is 2. The predicted molar refractivity (Wildman–Crippen MR) is 159 cm³/mol. The van der Waals surface area contributed by atoms with Gasteiger partial charge in [-0.05, 0) is 81.8 Å². The van der Waals surface area contributed by atoms with Crippen LogP contribution in [0.15, 0.2) is 82.2 Å². The van der Waals surface area contributed by atoms with Crippen molar-refractivity contribution < 1.29 is 18.0 Å². The summed E-state index contributed by atoms with van der Waals surface area (Å²) in [6.45, 7) is 6.59. The molecular formula is C28H30BrCl2N3O4S. The minimum Gasteiger partial charge on any atom is -0.350 e. The molecule has 39 heavy (non-hydrogen) atoms. The number of rotatable bonds is 9. The number of amides is 2. The lowest BCUT2D eigenvalue weighted by Crippen LogP contribution is -2.54. The molecule has 0 bridgehead atoms. The van der Waals surface area contributed by atoms with Gasteiger partial charge in [0.2, 0.25) is 11.8 Å². The first-order valence-electron chi connectivity index (χ1n) is 12.1. The van der Waals surface area contributed by atoms with E-state index in [9.17, 15) is 18.0 Å². The van der Waals surface area contributed by atoms with E-state index >= 15 is 0 Å². The molecule has 11 heteroatoms. The van der Waals surface area contributed by atoms with Gasteiger partial charge in [-0.3, -0.25) is 13.9 Å². The van der Waals surface area contributed by atoms with Crippen molar-refractivity contribution in [1.29, 1.82) is 0 Å². The third-order valence-electron chi connectivity index (χ3n) is 5.73. The monoisotopic (exact) mass is 653 g/mol. The zero-order valence-corrected chi connectivity index (χ0v) is 25.9. The second kappa shape index (κ2) is 12.7. The number of benzene rings is 3. The minimum atomic E-state index is -4.12. The lowest BCUT2D eigenvalue weighted by Gasteiger charge is -2.33. The van der Waals surface area contributed by atoms with Crippen LogP contribution in [0.3, 0.4) is 0 Å². The zero-order valence-electron chi connectivity index (χ0n) is 22.0. The Labute approximate surface area is 248 Å². The number of nitrogens with zero attached hydrogens (tertiary/aromatic N) is 2. The van der Waals surface area contributed by atoms with Crippen LogP contribution in [0, 0.1) is 0 Å². The second-order valence-corrected chi connectivity index (χ2v) is 13.6. The van der Waals surface area contributed by atoms with Gasteiger partial charge in [-0.15, -0.1) is 0 Å². The highest BCUT2D eigenvalue weighted by atomic mass is 79.9. The molecule has 0 saturated carbocycles. The standard InChI is InChI=1S/C28H30BrCl2N3O4S/c1-19(27(36)32-28(2,3)4)33(17-20-10-15-24(30)25(31)16-20)26(35)18-34(22-13-11-21(29)12-14-22)39(37,38)23-8-6-5-7-9-23/h5-16,19H,17-18H2,1-4H3,(H,32,36)/t19-/m1/s1. The first kappa shape index (κ1) is 30.9. The van der Waals surface area contributed by atoms with Crippen molar-refractivity contribution >= 4 is 66.7 Å². The van der Waals surface area contributed by atoms with Gasteiger partial charge >= 0.3 is 0 Å². The van der Waals surface area contributed by atoms with E-state index in [4.69, 9.17) is 23.2 Å². The Morgan fingerprint density at radius 1 is 0.949 bits per heavy atom. The fraction of sp³-hybridized carbons (Fsp3) is 0.286. The molecular weight excluding hydrogens is 625 g/mol. The Morgan fingerprint density at radius 2 is 1.56 bits per heavy atom. The minimum absolute atomic E-state index is 0.00795. The van der Waals surface area contributed by atoms with Crippen molar-refractivity contribution in [2.45, 2.75) is 50.7 Å². The average Bonchev–Trinajstić information content (AvgIpc) is 2.87. The van der Waals surface area contributed by atoms with Gasteiger partial charge in [0.15, 0.2) is 0 Å². The van der Waals surface area contributed by atoms with E-state index in [1.54, 1.807) is 67.6 Å². The highest BCUT2D eigenvalue weighted by Crippen LogP contribution is 2.27. The number of nitrogens with one attached hydrogen (secondary N) is 1. The van der Waals surface area contributed by atoms with Crippen LogP contribution in [0.5, 0.6) is 0 Å². The number of hydrogen-bond donors (Lipinski definition) is 1. The summed E-state index contributed by atoms with van der Waals surface area (Å²) in [6, 6.07) is 18.5. The van der Waals surface area contributed by atoms with Crippen LogP contribution < -0.4 is 9.62 Å². The summed E-state index contributed by atoms with van der Waals surface area (Å²) in [5, 5.41) is 3.55. The molecule has 3 aromatic rings. The fourth-order valence-electron chi connectivity index (χ4n) is 3.75. The summed E-state index contributed by atoms with van der Waals surface area (Å²) in [7, 11) is -4.12. The van der Waals surface area contributed by atoms with Gasteiger partial charge in [0.05, 0.1) is 20.6 Å². The number of anilines is 1. The quantitative estimate of drug-likeness (QED) is 0.294. The molecule has 1 atom stereocenters. The Balaban J connectivity index is 2.03. The molecule has 0 aliphatic heterocycles. The Morgan fingerprint density at radius 3 is 2.13 bits per heavy atom. The van der Waals surface area contributed by atoms with Crippen LogP contribution in [0.2, 0.25) is 10.0 Å². The summed E-state index contributed by atoms with van der Waals surface area (Å²) < 4.78 is 29.3. The van der Waals surface area contributed by atoms with Gasteiger partial charge in [0.25, 0.3) is 10.0 Å². The maximum atomic E-state index is 13.9. The fourth-order valence-corrected chi connectivity index (χ4v) is 5.77. The molecule has 0 aliphatic rings. The van der Waals surface area contributed by atoms with Crippen LogP contribution in [0.4, 0.5) is 5.69 Å². The summed E-state index contributed by atoms with van der Waals surface area (Å²) in [5.41, 5.74) is 0.398. The van der Waals surface area contributed by atoms with Crippen molar-refractivity contribution in [3.8, 4) is 0 Å². The van der Waals surface area contributed by atoms with Crippen LogP contribution in [-0.2, 0) is 26.2 Å². The van der Waals surface area contributed by atoms with Crippen LogP contribution in [0.25, 0.3) is 0 Å². The van der Waals surface area contributed by atoms with Gasteiger partial charge in [0, 0.05) is 16.6 Å². The van der Waals surface area contributed by atoms with E-state index in [2.05, 4.69) is 21.2 Å². The lowest BCUT2D eigenvalue weighted by molar-refractivity contribution is -0.140. The molecule has 7 nitrogen and oxygen atoms in total. The summed E-state index contributed by atoms with van der Waals surface area (Å²) >= 11 is 15.6. The lowest BCUT2D eigenvalue weighted by atomic mass is 10.1. The number of halogens is 3. The number of sulfonamides is 1. The first-order valence-corrected chi connectivity index (χ1v) is 15.1. The maximum Gasteiger partial charge on any atom is 0.264 e. The van der Waals surface area contributed by atoms with E-state index in [0.29, 0.717) is 21.3 Å². The molecule has 0 radical (unpaired) electrons. The Bertz CT molecular complexity index is 1430. The highest BCUT2D eigenvalue weighted by Gasteiger charge is 2.33. The molecule has 0 spiro atoms. The molecule has 0 unspecified atom stereocenters. The van der Waals surface area contributed by atoms with Crippen molar-refractivity contribution in [2.75, 3.05) is 10.8 Å². The largest absolute Gasteiger partial charge is 0.350 e. The molecule has 0 fully saturated rings. The van der Waals surface area contributed by atoms with E-state index in [1.165, 1.54) is 17.0 Å². The van der Waals surface area contributed by atoms with Gasteiger partial charge in [-0.1, -0.05) is 63.4 Å². The SMILES string of the molecule is C[C@H](C(=O)NC(C)(C)C)N(Cc1ccc(Cl)c(Cl)c1)C(=O)CN(c1ccc(Br)cc1)S(=O)(=O)c1ccccc1. The zero-order chi connectivity index (χ0) is 29.0. The third kappa shape index (κ3) is 8.20. The maximum absolute atomic E-state index is 13.9. The molecule has 2 amide bonds. The molecule has 1 N–H and O–H groups in total. The van der Waals surface area contributed by atoms with E-state index < -0.39 is 34.1 Å². The molecule has 3 aromatic carbocycles. The highest BCUT2D eigenvalue weighted by molar-refractivity contribution is 9.10. The summed E-state index contributed by atoms with van der Waals surface area (Å²) in [4.78, 5) is 28.4. The molecule has 0 aliphatic carbocycles. The van der Waals surface area contributed by atoms with Crippen molar-refractivity contribution in [3.63, 3.8) is 0 Å². The summed E-state index contributed by atoms with van der Waals surface area (Å²) in [5.74, 6) is -0.947. The van der Waals surface area contributed by atoms with Gasteiger partial charge in [0.1, 0.15) is 12.6 Å². The van der Waals surface area contributed by atoms with Crippen molar-refractivity contribution in [2.24, 2.45) is 0 Å². The van der Waals surface area contributed by atoms with Crippen LogP contribution in [-0.4, -0.2) is 43.3 Å². The van der Waals surface area contributed by atoms with Gasteiger partial charge in [-0.2, -0.15) is 0 Å². The summed E-state index contributed by atoms with van der Waals surface area (Å²) in [6.07, 6.45) is 0. The van der Waals surface area contributed by atoms with Gasteiger partial charge < -0.3 is 10.2 Å². The Kier molecular flexibility index (Phi) is 10.1. The predicted octanol–water partition coefficient (Wildman–Crippen LogP) is 6.28. The molecule has 0 heterocycles. The van der Waals surface area contributed by atoms with E-state index in [-0.39, 0.29) is 17.3 Å². The van der Waals surface area contributed by atoms with Gasteiger partial charge in [-0.25, -0.2) is 8.42 Å². The number of hydrogen-bond acceptors (Lipinski definition) is 4. The normalized spacial score (nSPS) is 12.5. The van der Waals surface area contributed by atoms with Crippen molar-refractivity contribution in [3.05, 3.63) is 92.9 Å². The molecule has 0 aromatic heterocycles. The first-order chi connectivity index (χ1) is 18.2. The smallest absolute Gasteiger partial charge is 0.264 e. The van der Waals surface area contributed by atoms with Crippen LogP contribution in [0.1, 0.15) is 33.3 Å². The molecule has 0 saturated heterocycles. The topological polar surface area (TPSA) is 86.8 Å². The molecule has 3 rings (SSSR count). The number of carbonyl (C=O) groups excluding carboxylic acids is 2. The Hall–Kier alpha value is -2.59. The van der Waals surface area contributed by atoms with E-state index in [1.807, 2.05) is 20.8 Å². The average molecular weight is 655 g/mol.